The molecular weight excluding hydrogens is 596 g/mol. The molecule has 2 aliphatic rings. The zero-order valence-corrected chi connectivity index (χ0v) is 26.5. The minimum Gasteiger partial charge on any atom is -0.506 e. The first-order valence-electron chi connectivity index (χ1n) is 15.4. The standard InChI is InChI=1S/C33H40N4O7S/c1-21-17-28(44-22(21)2)31(40)37-14-16-43-33(20-37)9-11-36(12-10-33)13-15-42-24-5-3-23(4-6-24)18-34-19-27(39)25-7-8-26(38)29-30(25)45-32(41)35-29/h3-8,17,27,34,38-39H,9-16,18-20H2,1-2H3,(H,35,41). The number of piperidine rings is 1. The van der Waals surface area contributed by atoms with Crippen molar-refractivity contribution in [2.75, 3.05) is 52.5 Å². The molecule has 0 bridgehead atoms. The summed E-state index contributed by atoms with van der Waals surface area (Å²) in [6, 6.07) is 12.8. The molecule has 1 atom stereocenters. The molecule has 4 heterocycles. The maximum absolute atomic E-state index is 13.1. The smallest absolute Gasteiger partial charge is 0.305 e. The Balaban J connectivity index is 0.912. The number of nitrogens with one attached hydrogen (secondary N) is 2. The number of aromatic nitrogens is 1. The van der Waals surface area contributed by atoms with Crippen molar-refractivity contribution < 1.29 is 28.9 Å². The summed E-state index contributed by atoms with van der Waals surface area (Å²) in [5.74, 6) is 1.92. The van der Waals surface area contributed by atoms with Gasteiger partial charge < -0.3 is 39.3 Å². The number of aromatic amines is 1. The van der Waals surface area contributed by atoms with E-state index in [1.54, 1.807) is 6.07 Å². The molecule has 2 aromatic heterocycles. The molecule has 1 amide bonds. The summed E-state index contributed by atoms with van der Waals surface area (Å²) in [5, 5.41) is 23.9. The van der Waals surface area contributed by atoms with Gasteiger partial charge in [-0.2, -0.15) is 0 Å². The zero-order chi connectivity index (χ0) is 31.6. The lowest BCUT2D eigenvalue weighted by molar-refractivity contribution is -0.127. The minimum atomic E-state index is -0.826. The summed E-state index contributed by atoms with van der Waals surface area (Å²) < 4.78 is 18.5. The van der Waals surface area contributed by atoms with E-state index in [0.717, 1.165) is 66.4 Å². The van der Waals surface area contributed by atoms with Gasteiger partial charge in [0.1, 0.15) is 29.4 Å². The number of carbonyl (C=O) groups excluding carboxylic acids is 1. The predicted molar refractivity (Wildman–Crippen MR) is 171 cm³/mol. The zero-order valence-electron chi connectivity index (χ0n) is 25.6. The average molecular weight is 637 g/mol. The van der Waals surface area contributed by atoms with Crippen LogP contribution in [-0.4, -0.2) is 89.0 Å². The van der Waals surface area contributed by atoms with Crippen molar-refractivity contribution in [2.45, 2.75) is 44.9 Å². The first kappa shape index (κ1) is 31.3. The number of aromatic hydroxyl groups is 1. The highest BCUT2D eigenvalue weighted by Crippen LogP contribution is 2.32. The highest BCUT2D eigenvalue weighted by Gasteiger charge is 2.41. The number of furan rings is 1. The van der Waals surface area contributed by atoms with Gasteiger partial charge in [-0.3, -0.25) is 14.5 Å². The minimum absolute atomic E-state index is 0.00862. The van der Waals surface area contributed by atoms with Crippen molar-refractivity contribution in [3.63, 3.8) is 0 Å². The molecule has 0 saturated carbocycles. The Labute approximate surface area is 265 Å². The number of nitrogens with zero attached hydrogens (tertiary/aromatic N) is 2. The number of morpholine rings is 1. The van der Waals surface area contributed by atoms with Crippen LogP contribution in [0.2, 0.25) is 0 Å². The molecule has 11 nitrogen and oxygen atoms in total. The molecule has 45 heavy (non-hydrogen) atoms. The number of hydrogen-bond donors (Lipinski definition) is 4. The van der Waals surface area contributed by atoms with Gasteiger partial charge in [0.25, 0.3) is 5.91 Å². The Morgan fingerprint density at radius 2 is 1.93 bits per heavy atom. The number of fused-ring (bicyclic) bond motifs is 1. The van der Waals surface area contributed by atoms with E-state index in [2.05, 4.69) is 15.2 Å². The third-order valence-corrected chi connectivity index (χ3v) is 9.82. The lowest BCUT2D eigenvalue weighted by Crippen LogP contribution is -2.58. The molecule has 6 rings (SSSR count). The van der Waals surface area contributed by atoms with Crippen molar-refractivity contribution in [2.24, 2.45) is 0 Å². The van der Waals surface area contributed by atoms with Crippen LogP contribution in [0.25, 0.3) is 10.2 Å². The van der Waals surface area contributed by atoms with Crippen LogP contribution >= 0.6 is 11.3 Å². The predicted octanol–water partition coefficient (Wildman–Crippen LogP) is 3.71. The van der Waals surface area contributed by atoms with E-state index in [0.29, 0.717) is 60.9 Å². The van der Waals surface area contributed by atoms with Crippen molar-refractivity contribution in [1.82, 2.24) is 20.1 Å². The van der Waals surface area contributed by atoms with Crippen molar-refractivity contribution in [1.29, 1.82) is 0 Å². The van der Waals surface area contributed by atoms with Gasteiger partial charge in [0.15, 0.2) is 5.76 Å². The summed E-state index contributed by atoms with van der Waals surface area (Å²) in [4.78, 5) is 31.4. The lowest BCUT2D eigenvalue weighted by atomic mass is 9.89. The molecule has 0 aliphatic carbocycles. The highest BCUT2D eigenvalue weighted by molar-refractivity contribution is 7.16. The summed E-state index contributed by atoms with van der Waals surface area (Å²) >= 11 is 0.977. The molecule has 2 aromatic carbocycles. The number of likely N-dealkylation sites (tertiary alicyclic amines) is 1. The van der Waals surface area contributed by atoms with Gasteiger partial charge in [-0.05, 0) is 62.1 Å². The second-order valence-corrected chi connectivity index (χ2v) is 13.0. The molecule has 1 unspecified atom stereocenters. The monoisotopic (exact) mass is 636 g/mol. The average Bonchev–Trinajstić information content (AvgIpc) is 3.60. The van der Waals surface area contributed by atoms with E-state index in [4.69, 9.17) is 13.9 Å². The molecule has 2 fully saturated rings. The number of rotatable bonds is 10. The van der Waals surface area contributed by atoms with Gasteiger partial charge in [0, 0.05) is 44.8 Å². The van der Waals surface area contributed by atoms with Crippen molar-refractivity contribution in [3.8, 4) is 11.5 Å². The number of amides is 1. The SMILES string of the molecule is Cc1cc(C(=O)N2CCOC3(CCN(CCOc4ccc(CNCC(O)c5ccc(O)c6[nH]c(=O)sc56)cc4)CC3)C2)oc1C. The van der Waals surface area contributed by atoms with Crippen molar-refractivity contribution in [3.05, 3.63) is 80.3 Å². The molecule has 1 spiro atoms. The number of carbonyl (C=O) groups is 1. The van der Waals surface area contributed by atoms with E-state index in [9.17, 15) is 19.8 Å². The summed E-state index contributed by atoms with van der Waals surface area (Å²) in [7, 11) is 0. The van der Waals surface area contributed by atoms with E-state index in [-0.39, 0.29) is 22.1 Å². The fourth-order valence-electron chi connectivity index (χ4n) is 6.10. The number of ether oxygens (including phenoxy) is 2. The van der Waals surface area contributed by atoms with E-state index in [1.807, 2.05) is 49.1 Å². The number of H-pyrrole nitrogens is 1. The first-order chi connectivity index (χ1) is 21.7. The molecule has 4 aromatic rings. The largest absolute Gasteiger partial charge is 0.506 e. The van der Waals surface area contributed by atoms with Gasteiger partial charge in [-0.1, -0.05) is 29.5 Å². The van der Waals surface area contributed by atoms with Gasteiger partial charge >= 0.3 is 4.87 Å². The first-order valence-corrected chi connectivity index (χ1v) is 16.2. The van der Waals surface area contributed by atoms with Gasteiger partial charge in [-0.15, -0.1) is 0 Å². The number of phenols is 1. The van der Waals surface area contributed by atoms with Gasteiger partial charge in [0.2, 0.25) is 0 Å². The topological polar surface area (TPSA) is 140 Å². The number of aryl methyl sites for hydroxylation is 2. The molecule has 2 saturated heterocycles. The molecule has 2 aliphatic heterocycles. The number of aliphatic hydroxyl groups excluding tert-OH is 1. The summed E-state index contributed by atoms with van der Waals surface area (Å²) in [6.45, 7) is 9.56. The number of thiazole rings is 1. The second-order valence-electron chi connectivity index (χ2n) is 12.0. The number of hydrogen-bond acceptors (Lipinski definition) is 10. The quantitative estimate of drug-likeness (QED) is 0.205. The Hall–Kier alpha value is -3.68. The summed E-state index contributed by atoms with van der Waals surface area (Å²) in [5.41, 5.74) is 2.70. The lowest BCUT2D eigenvalue weighted by Gasteiger charge is -2.47. The van der Waals surface area contributed by atoms with E-state index < -0.39 is 6.10 Å². The summed E-state index contributed by atoms with van der Waals surface area (Å²) in [6.07, 6.45) is 0.909. The molecule has 12 heteroatoms. The van der Waals surface area contributed by atoms with Crippen LogP contribution in [0.5, 0.6) is 11.5 Å². The normalized spacial score (nSPS) is 17.6. The molecule has 4 N–H and O–H groups in total. The van der Waals surface area contributed by atoms with E-state index >= 15 is 0 Å². The van der Waals surface area contributed by atoms with Crippen LogP contribution in [-0.2, 0) is 11.3 Å². The van der Waals surface area contributed by atoms with Gasteiger partial charge in [-0.25, -0.2) is 0 Å². The Morgan fingerprint density at radius 3 is 2.67 bits per heavy atom. The molecule has 0 radical (unpaired) electrons. The Bertz CT molecular complexity index is 1670. The number of aliphatic hydroxyl groups is 1. The second kappa shape index (κ2) is 13.4. The van der Waals surface area contributed by atoms with Crippen LogP contribution in [0.4, 0.5) is 0 Å². The number of benzene rings is 2. The number of phenolic OH excluding ortho intramolecular Hbond substituents is 1. The van der Waals surface area contributed by atoms with Crippen LogP contribution in [0.1, 0.15) is 52.0 Å². The Morgan fingerprint density at radius 1 is 1.16 bits per heavy atom. The van der Waals surface area contributed by atoms with E-state index in [1.165, 1.54) is 6.07 Å². The maximum atomic E-state index is 13.1. The fraction of sp³-hybridized carbons (Fsp3) is 0.455. The van der Waals surface area contributed by atoms with Gasteiger partial charge in [0.05, 0.1) is 29.6 Å². The maximum Gasteiger partial charge on any atom is 0.305 e. The third kappa shape index (κ3) is 7.10. The van der Waals surface area contributed by atoms with Crippen LogP contribution < -0.4 is 14.9 Å². The fourth-order valence-corrected chi connectivity index (χ4v) is 7.02. The van der Waals surface area contributed by atoms with Crippen molar-refractivity contribution >= 4 is 27.5 Å². The van der Waals surface area contributed by atoms with Crippen LogP contribution in [0, 0.1) is 13.8 Å². The van der Waals surface area contributed by atoms with Crippen LogP contribution in [0.3, 0.4) is 0 Å². The molecular formula is C33H40N4O7S. The molecule has 240 valence electrons. The van der Waals surface area contributed by atoms with Crippen LogP contribution in [0.15, 0.2) is 51.7 Å². The third-order valence-electron chi connectivity index (χ3n) is 8.89. The highest BCUT2D eigenvalue weighted by atomic mass is 32.1. The Kier molecular flexibility index (Phi) is 9.29.